The van der Waals surface area contributed by atoms with Crippen molar-refractivity contribution in [2.24, 2.45) is 12.8 Å². The van der Waals surface area contributed by atoms with Gasteiger partial charge in [0.05, 0.1) is 11.0 Å². The first-order valence-electron chi connectivity index (χ1n) is 6.83. The van der Waals surface area contributed by atoms with Gasteiger partial charge in [0.2, 0.25) is 0 Å². The minimum absolute atomic E-state index is 0.420. The molecule has 1 aliphatic rings. The fraction of sp³-hybridized carbons (Fsp3) is 0.533. The van der Waals surface area contributed by atoms with Crippen LogP contribution in [0.3, 0.4) is 0 Å². The van der Waals surface area contributed by atoms with Gasteiger partial charge in [-0.05, 0) is 56.2 Å². The largest absolute Gasteiger partial charge is 0.331 e. The monoisotopic (exact) mass is 243 g/mol. The molecule has 0 saturated heterocycles. The van der Waals surface area contributed by atoms with Gasteiger partial charge in [0, 0.05) is 13.1 Å². The zero-order valence-electron chi connectivity index (χ0n) is 11.2. The molecular formula is C15H21N3. The van der Waals surface area contributed by atoms with Gasteiger partial charge in [-0.2, -0.15) is 0 Å². The number of benzene rings is 1. The van der Waals surface area contributed by atoms with Crippen molar-refractivity contribution in [1.82, 2.24) is 9.55 Å². The van der Waals surface area contributed by atoms with Crippen molar-refractivity contribution in [3.8, 4) is 0 Å². The Hall–Kier alpha value is -1.35. The first kappa shape index (κ1) is 11.7. The van der Waals surface area contributed by atoms with E-state index in [4.69, 9.17) is 5.73 Å². The van der Waals surface area contributed by atoms with Crippen molar-refractivity contribution < 1.29 is 0 Å². The molecule has 3 heteroatoms. The summed E-state index contributed by atoms with van der Waals surface area (Å²) in [4.78, 5) is 4.55. The summed E-state index contributed by atoms with van der Waals surface area (Å²) >= 11 is 0. The van der Waals surface area contributed by atoms with Gasteiger partial charge in [-0.15, -0.1) is 0 Å². The molecule has 0 bridgehead atoms. The maximum Gasteiger partial charge on any atom is 0.106 e. The zero-order chi connectivity index (χ0) is 12.7. The molecule has 2 aromatic rings. The maximum atomic E-state index is 5.98. The van der Waals surface area contributed by atoms with Gasteiger partial charge < -0.3 is 10.3 Å². The number of hydrogen-bond acceptors (Lipinski definition) is 2. The van der Waals surface area contributed by atoms with Gasteiger partial charge in [-0.25, -0.2) is 4.98 Å². The highest BCUT2D eigenvalue weighted by Crippen LogP contribution is 2.33. The Labute approximate surface area is 108 Å². The Kier molecular flexibility index (Phi) is 2.86. The average Bonchev–Trinajstić information content (AvgIpc) is 2.66. The van der Waals surface area contributed by atoms with E-state index in [1.807, 2.05) is 0 Å². The summed E-state index contributed by atoms with van der Waals surface area (Å²) in [6.45, 7) is 2.05. The number of hydrogen-bond donors (Lipinski definition) is 1. The van der Waals surface area contributed by atoms with Crippen molar-refractivity contribution in [3.05, 3.63) is 29.6 Å². The van der Waals surface area contributed by atoms with Crippen LogP contribution in [0, 0.1) is 6.92 Å². The van der Waals surface area contributed by atoms with Gasteiger partial charge in [-0.3, -0.25) is 0 Å². The minimum atomic E-state index is 0.420. The zero-order valence-corrected chi connectivity index (χ0v) is 11.2. The predicted molar refractivity (Wildman–Crippen MR) is 74.6 cm³/mol. The van der Waals surface area contributed by atoms with E-state index >= 15 is 0 Å². The lowest BCUT2D eigenvalue weighted by molar-refractivity contribution is 0.396. The van der Waals surface area contributed by atoms with Crippen LogP contribution >= 0.6 is 0 Å². The van der Waals surface area contributed by atoms with E-state index in [9.17, 15) is 0 Å². The van der Waals surface area contributed by atoms with E-state index in [0.29, 0.717) is 12.0 Å². The molecule has 1 aromatic carbocycles. The number of imidazole rings is 1. The highest BCUT2D eigenvalue weighted by Gasteiger charge is 2.20. The predicted octanol–water partition coefficient (Wildman–Crippen LogP) is 2.87. The summed E-state index contributed by atoms with van der Waals surface area (Å²) in [7, 11) is 2.09. The Morgan fingerprint density at radius 3 is 2.67 bits per heavy atom. The first-order valence-corrected chi connectivity index (χ1v) is 6.83. The van der Waals surface area contributed by atoms with Crippen molar-refractivity contribution in [3.63, 3.8) is 0 Å². The second-order valence-corrected chi connectivity index (χ2v) is 5.58. The van der Waals surface area contributed by atoms with Crippen LogP contribution in [-0.4, -0.2) is 15.6 Å². The maximum absolute atomic E-state index is 5.98. The van der Waals surface area contributed by atoms with E-state index in [0.717, 1.165) is 24.2 Å². The molecule has 0 unspecified atom stereocenters. The topological polar surface area (TPSA) is 43.8 Å². The molecule has 96 valence electrons. The number of aromatic nitrogens is 2. The smallest absolute Gasteiger partial charge is 0.106 e. The lowest BCUT2D eigenvalue weighted by Gasteiger charge is -2.26. The summed E-state index contributed by atoms with van der Waals surface area (Å²) in [5.41, 5.74) is 9.79. The Morgan fingerprint density at radius 1 is 1.22 bits per heavy atom. The molecule has 0 radical (unpaired) electrons. The van der Waals surface area contributed by atoms with Crippen LogP contribution in [0.2, 0.25) is 0 Å². The van der Waals surface area contributed by atoms with Crippen LogP contribution in [0.1, 0.15) is 43.0 Å². The molecule has 0 amide bonds. The van der Waals surface area contributed by atoms with Gasteiger partial charge >= 0.3 is 0 Å². The van der Waals surface area contributed by atoms with E-state index in [1.54, 1.807) is 0 Å². The minimum Gasteiger partial charge on any atom is -0.331 e. The molecule has 1 aromatic heterocycles. The summed E-state index contributed by atoms with van der Waals surface area (Å²) in [6, 6.07) is 7.14. The van der Waals surface area contributed by atoms with Crippen LogP contribution in [0.15, 0.2) is 18.2 Å². The van der Waals surface area contributed by atoms with Crippen LogP contribution < -0.4 is 5.73 Å². The summed E-state index contributed by atoms with van der Waals surface area (Å²) in [5.74, 6) is 1.76. The third kappa shape index (κ3) is 1.93. The molecule has 2 N–H and O–H groups in total. The molecule has 18 heavy (non-hydrogen) atoms. The van der Waals surface area contributed by atoms with Crippen LogP contribution in [-0.2, 0) is 7.05 Å². The fourth-order valence-corrected chi connectivity index (χ4v) is 3.03. The highest BCUT2D eigenvalue weighted by molar-refractivity contribution is 5.77. The third-order valence-electron chi connectivity index (χ3n) is 4.37. The molecule has 3 nitrogen and oxygen atoms in total. The lowest BCUT2D eigenvalue weighted by Crippen LogP contribution is -2.25. The molecule has 1 fully saturated rings. The number of aryl methyl sites for hydroxylation is 2. The van der Waals surface area contributed by atoms with E-state index in [1.165, 1.54) is 23.9 Å². The Morgan fingerprint density at radius 2 is 1.94 bits per heavy atom. The van der Waals surface area contributed by atoms with E-state index in [-0.39, 0.29) is 0 Å². The van der Waals surface area contributed by atoms with E-state index < -0.39 is 0 Å². The standard InChI is InChI=1S/C15H21N3/c1-10-17-14-8-5-12(9-15(14)18(10)2)11-3-6-13(16)7-4-11/h5,8-9,11,13H,3-4,6-7,16H2,1-2H3. The highest BCUT2D eigenvalue weighted by atomic mass is 15.0. The lowest BCUT2D eigenvalue weighted by atomic mass is 9.82. The molecule has 0 spiro atoms. The molecule has 3 rings (SSSR count). The molecule has 1 aliphatic carbocycles. The average molecular weight is 243 g/mol. The van der Waals surface area contributed by atoms with Gasteiger partial charge in [-0.1, -0.05) is 6.07 Å². The normalized spacial score (nSPS) is 24.6. The van der Waals surface area contributed by atoms with Crippen LogP contribution in [0.4, 0.5) is 0 Å². The first-order chi connectivity index (χ1) is 8.65. The fourth-order valence-electron chi connectivity index (χ4n) is 3.03. The van der Waals surface area contributed by atoms with Crippen molar-refractivity contribution >= 4 is 11.0 Å². The molecule has 0 atom stereocenters. The number of rotatable bonds is 1. The Bertz CT molecular complexity index is 562. The summed E-state index contributed by atoms with van der Waals surface area (Å²) < 4.78 is 2.17. The van der Waals surface area contributed by atoms with Crippen molar-refractivity contribution in [2.75, 3.05) is 0 Å². The van der Waals surface area contributed by atoms with Crippen LogP contribution in [0.5, 0.6) is 0 Å². The Balaban J connectivity index is 1.95. The van der Waals surface area contributed by atoms with Crippen molar-refractivity contribution in [2.45, 2.75) is 44.6 Å². The third-order valence-corrected chi connectivity index (χ3v) is 4.37. The van der Waals surface area contributed by atoms with Crippen molar-refractivity contribution in [1.29, 1.82) is 0 Å². The number of nitrogens with zero attached hydrogens (tertiary/aromatic N) is 2. The second kappa shape index (κ2) is 4.39. The summed E-state index contributed by atoms with van der Waals surface area (Å²) in [6.07, 6.45) is 4.77. The number of nitrogens with two attached hydrogens (primary N) is 1. The van der Waals surface area contributed by atoms with Gasteiger partial charge in [0.1, 0.15) is 5.82 Å². The SMILES string of the molecule is Cc1nc2ccc(C3CCC(N)CC3)cc2n1C. The number of fused-ring (bicyclic) bond motifs is 1. The van der Waals surface area contributed by atoms with Crippen LogP contribution in [0.25, 0.3) is 11.0 Å². The quantitative estimate of drug-likeness (QED) is 0.837. The van der Waals surface area contributed by atoms with Gasteiger partial charge in [0.15, 0.2) is 0 Å². The summed E-state index contributed by atoms with van der Waals surface area (Å²) in [5, 5.41) is 0. The molecule has 1 heterocycles. The van der Waals surface area contributed by atoms with E-state index in [2.05, 4.69) is 41.7 Å². The molecular weight excluding hydrogens is 222 g/mol. The second-order valence-electron chi connectivity index (χ2n) is 5.58. The van der Waals surface area contributed by atoms with Gasteiger partial charge in [0.25, 0.3) is 0 Å². The molecule has 0 aliphatic heterocycles. The molecule has 1 saturated carbocycles.